The molecule has 0 aliphatic carbocycles. The normalized spacial score (nSPS) is 17.3. The van der Waals surface area contributed by atoms with Crippen LogP contribution in [0.3, 0.4) is 0 Å². The molecule has 1 aliphatic heterocycles. The summed E-state index contributed by atoms with van der Waals surface area (Å²) in [5, 5.41) is 29.6. The third-order valence-corrected chi connectivity index (χ3v) is 8.61. The van der Waals surface area contributed by atoms with E-state index in [9.17, 15) is 43.8 Å². The molecule has 6 amide bonds. The van der Waals surface area contributed by atoms with E-state index in [1.54, 1.807) is 26.0 Å². The Morgan fingerprint density at radius 1 is 0.900 bits per heavy atom. The first-order valence-electron chi connectivity index (χ1n) is 16.6. The molecule has 1 heterocycles. The molecule has 278 valence electrons. The molecule has 0 spiro atoms. The van der Waals surface area contributed by atoms with E-state index in [2.05, 4.69) is 33.9 Å². The Morgan fingerprint density at radius 2 is 1.52 bits per heavy atom. The highest BCUT2D eigenvalue weighted by atomic mass is 32.1. The number of phenols is 1. The highest BCUT2D eigenvalue weighted by molar-refractivity contribution is 7.80. The number of benzene rings is 1. The van der Waals surface area contributed by atoms with Gasteiger partial charge in [-0.1, -0.05) is 39.8 Å². The summed E-state index contributed by atoms with van der Waals surface area (Å²) in [6.45, 7) is 7.41. The molecule has 0 saturated carbocycles. The third kappa shape index (κ3) is 12.8. The zero-order valence-electron chi connectivity index (χ0n) is 28.9. The number of phenolic OH excluding ortho intramolecular Hbond substituents is 1. The second-order valence-corrected chi connectivity index (χ2v) is 13.6. The Bertz CT molecular complexity index is 1380. The van der Waals surface area contributed by atoms with Gasteiger partial charge in [-0.2, -0.15) is 12.6 Å². The smallest absolute Gasteiger partial charge is 0.326 e. The molecule has 0 unspecified atom stereocenters. The average molecular weight is 722 g/mol. The van der Waals surface area contributed by atoms with Crippen LogP contribution in [0.25, 0.3) is 0 Å². The molecule has 6 atom stereocenters. The van der Waals surface area contributed by atoms with E-state index in [0.717, 1.165) is 0 Å². The predicted octanol–water partition coefficient (Wildman–Crippen LogP) is -0.826. The summed E-state index contributed by atoms with van der Waals surface area (Å²) in [5.74, 6) is -5.80. The molecule has 1 saturated heterocycles. The highest BCUT2D eigenvalue weighted by Gasteiger charge is 2.40. The van der Waals surface area contributed by atoms with Crippen LogP contribution < -0.4 is 32.7 Å². The maximum Gasteiger partial charge on any atom is 0.326 e. The van der Waals surface area contributed by atoms with Crippen LogP contribution in [-0.2, 0) is 40.0 Å². The van der Waals surface area contributed by atoms with E-state index in [1.165, 1.54) is 17.0 Å². The van der Waals surface area contributed by atoms with Crippen molar-refractivity contribution < 1.29 is 43.8 Å². The lowest BCUT2D eigenvalue weighted by Crippen LogP contribution is -2.60. The van der Waals surface area contributed by atoms with E-state index in [4.69, 9.17) is 11.5 Å². The first kappa shape index (κ1) is 41.8. The van der Waals surface area contributed by atoms with Crippen LogP contribution in [-0.4, -0.2) is 105 Å². The van der Waals surface area contributed by atoms with Gasteiger partial charge in [-0.05, 0) is 55.2 Å². The topological polar surface area (TPSA) is 263 Å². The number of nitrogens with one attached hydrogen (secondary N) is 4. The van der Waals surface area contributed by atoms with Crippen molar-refractivity contribution >= 4 is 54.0 Å². The number of carbonyl (C=O) groups is 7. The van der Waals surface area contributed by atoms with Crippen molar-refractivity contribution in [2.45, 2.75) is 102 Å². The predicted molar refractivity (Wildman–Crippen MR) is 186 cm³/mol. The van der Waals surface area contributed by atoms with E-state index in [-0.39, 0.29) is 55.6 Å². The molecule has 17 heteroatoms. The molecule has 0 aromatic heterocycles. The standard InChI is InChI=1S/C33H51N7O9S/c1-17(2)14-21(34)28(43)39-27(18(3)4)31(46)38-24(16-50)29(44)37-23(15-19-7-9-20(41)10-8-19)32(47)40-13-5-6-25(40)30(45)36-22(33(48)49)11-12-26(35)42/h7-10,17-18,21-25,27,41,50H,5-6,11-16,34H2,1-4H3,(H2,35,42)(H,36,45)(H,37,44)(H,38,46)(H,39,43)(H,48,49)/t21-,22-,23-,24-,25-,27-/m0/s1. The Hall–Kier alpha value is -4.38. The van der Waals surface area contributed by atoms with Gasteiger partial charge in [0.2, 0.25) is 35.4 Å². The lowest BCUT2D eigenvalue weighted by atomic mass is 10.00. The minimum atomic E-state index is -1.41. The number of rotatable bonds is 19. The lowest BCUT2D eigenvalue weighted by Gasteiger charge is -2.31. The Balaban J connectivity index is 2.28. The maximum atomic E-state index is 14.0. The SMILES string of the molecule is CC(C)C[C@H](N)C(=O)N[C@H](C(=O)N[C@@H](CS)C(=O)N[C@@H](Cc1ccc(O)cc1)C(=O)N1CCC[C@H]1C(=O)N[C@@H](CCC(N)=O)C(=O)O)C(C)C. The number of hydrogen-bond donors (Lipinski definition) is 9. The van der Waals surface area contributed by atoms with Crippen molar-refractivity contribution in [3.8, 4) is 5.75 Å². The average Bonchev–Trinajstić information content (AvgIpc) is 3.54. The number of thiol groups is 1. The molecule has 2 rings (SSSR count). The van der Waals surface area contributed by atoms with Gasteiger partial charge in [-0.15, -0.1) is 0 Å². The molecular formula is C33H51N7O9S. The van der Waals surface area contributed by atoms with Crippen LogP contribution in [0.15, 0.2) is 24.3 Å². The van der Waals surface area contributed by atoms with Crippen LogP contribution in [0.4, 0.5) is 0 Å². The summed E-state index contributed by atoms with van der Waals surface area (Å²) >= 11 is 4.25. The van der Waals surface area contributed by atoms with Gasteiger partial charge in [0.05, 0.1) is 6.04 Å². The summed E-state index contributed by atoms with van der Waals surface area (Å²) in [4.78, 5) is 91.1. The summed E-state index contributed by atoms with van der Waals surface area (Å²) in [7, 11) is 0. The number of carboxylic acids is 1. The van der Waals surface area contributed by atoms with Gasteiger partial charge >= 0.3 is 5.97 Å². The van der Waals surface area contributed by atoms with Crippen LogP contribution in [0.5, 0.6) is 5.75 Å². The van der Waals surface area contributed by atoms with Gasteiger partial charge in [0.25, 0.3) is 0 Å². The number of nitrogens with zero attached hydrogens (tertiary/aromatic N) is 1. The first-order chi connectivity index (χ1) is 23.4. The van der Waals surface area contributed by atoms with Gasteiger partial charge in [0, 0.05) is 25.1 Å². The highest BCUT2D eigenvalue weighted by Crippen LogP contribution is 2.21. The number of hydrogen-bond acceptors (Lipinski definition) is 10. The molecule has 0 bridgehead atoms. The van der Waals surface area contributed by atoms with Gasteiger partial charge in [-0.3, -0.25) is 28.8 Å². The number of carboxylic acid groups (broad SMARTS) is 1. The Morgan fingerprint density at radius 3 is 2.06 bits per heavy atom. The Kier molecular flexibility index (Phi) is 16.5. The second kappa shape index (κ2) is 19.7. The molecule has 16 nitrogen and oxygen atoms in total. The molecule has 1 aliphatic rings. The molecule has 0 radical (unpaired) electrons. The number of likely N-dealkylation sites (tertiary alicyclic amines) is 1. The van der Waals surface area contributed by atoms with Crippen molar-refractivity contribution in [2.24, 2.45) is 23.3 Å². The van der Waals surface area contributed by atoms with E-state index in [1.807, 2.05) is 13.8 Å². The van der Waals surface area contributed by atoms with Gasteiger partial charge < -0.3 is 47.8 Å². The number of amides is 6. The van der Waals surface area contributed by atoms with Crippen molar-refractivity contribution in [1.82, 2.24) is 26.2 Å². The number of aliphatic carboxylic acids is 1. The number of aromatic hydroxyl groups is 1. The molecule has 1 aromatic carbocycles. The fourth-order valence-electron chi connectivity index (χ4n) is 5.52. The van der Waals surface area contributed by atoms with Crippen LogP contribution >= 0.6 is 12.6 Å². The molecular weight excluding hydrogens is 670 g/mol. The number of nitrogens with two attached hydrogens (primary N) is 2. The molecule has 1 aromatic rings. The summed E-state index contributed by atoms with van der Waals surface area (Å²) in [6.07, 6.45) is 0.478. The van der Waals surface area contributed by atoms with Crippen molar-refractivity contribution in [3.63, 3.8) is 0 Å². The van der Waals surface area contributed by atoms with Gasteiger partial charge in [-0.25, -0.2) is 4.79 Å². The zero-order valence-corrected chi connectivity index (χ0v) is 29.8. The molecule has 1 fully saturated rings. The molecule has 10 N–H and O–H groups in total. The summed E-state index contributed by atoms with van der Waals surface area (Å²) < 4.78 is 0. The zero-order chi connectivity index (χ0) is 37.7. The quantitative estimate of drug-likeness (QED) is 0.0801. The second-order valence-electron chi connectivity index (χ2n) is 13.2. The van der Waals surface area contributed by atoms with Gasteiger partial charge in [0.1, 0.15) is 36.0 Å². The Labute approximate surface area is 297 Å². The maximum absolute atomic E-state index is 14.0. The van der Waals surface area contributed by atoms with Crippen molar-refractivity contribution in [1.29, 1.82) is 0 Å². The summed E-state index contributed by atoms with van der Waals surface area (Å²) in [6, 6.07) is -0.871. The van der Waals surface area contributed by atoms with Crippen LogP contribution in [0.1, 0.15) is 65.4 Å². The fraction of sp³-hybridized carbons (Fsp3) is 0.606. The van der Waals surface area contributed by atoms with E-state index in [0.29, 0.717) is 18.4 Å². The molecule has 50 heavy (non-hydrogen) atoms. The van der Waals surface area contributed by atoms with Crippen molar-refractivity contribution in [2.75, 3.05) is 12.3 Å². The number of primary amides is 1. The van der Waals surface area contributed by atoms with Crippen molar-refractivity contribution in [3.05, 3.63) is 29.8 Å². The monoisotopic (exact) mass is 721 g/mol. The first-order valence-corrected chi connectivity index (χ1v) is 17.3. The fourth-order valence-corrected chi connectivity index (χ4v) is 5.78. The van der Waals surface area contributed by atoms with Gasteiger partial charge in [0.15, 0.2) is 0 Å². The largest absolute Gasteiger partial charge is 0.508 e. The number of carbonyl (C=O) groups excluding carboxylic acids is 6. The third-order valence-electron chi connectivity index (χ3n) is 8.25. The van der Waals surface area contributed by atoms with Crippen LogP contribution in [0, 0.1) is 11.8 Å². The van der Waals surface area contributed by atoms with E-state index < -0.39 is 77.7 Å². The lowest BCUT2D eigenvalue weighted by molar-refractivity contribution is -0.145. The minimum absolute atomic E-state index is 0.0175. The van der Waals surface area contributed by atoms with E-state index >= 15 is 0 Å². The minimum Gasteiger partial charge on any atom is -0.508 e. The van der Waals surface area contributed by atoms with Crippen LogP contribution in [0.2, 0.25) is 0 Å². The summed E-state index contributed by atoms with van der Waals surface area (Å²) in [5.41, 5.74) is 11.7.